The van der Waals surface area contributed by atoms with Crippen molar-refractivity contribution in [1.82, 2.24) is 35.2 Å². The highest BCUT2D eigenvalue weighted by Gasteiger charge is 2.29. The standard InChI is InChI=1S/C22H23N9O2S2/c1-31-9-7-16(30-31)19(33)25-22-28-26-18(34-22)11-13-5-6-14(10-13)20-27-29-21(35-20)24-17(32)12-15-4-2-3-8-23-15/h2-4,7-9,13-14H,5-6,10-12H2,1H3,(H,24,29,32)(H,25,28,33)/t13-,14+/m1/s1. The van der Waals surface area contributed by atoms with Crippen LogP contribution in [0, 0.1) is 5.92 Å². The fourth-order valence-corrected chi connectivity index (χ4v) is 5.85. The maximum absolute atomic E-state index is 12.3. The van der Waals surface area contributed by atoms with E-state index in [0.29, 0.717) is 33.5 Å². The van der Waals surface area contributed by atoms with Gasteiger partial charge in [0.25, 0.3) is 5.91 Å². The van der Waals surface area contributed by atoms with Crippen LogP contribution in [0.4, 0.5) is 10.3 Å². The van der Waals surface area contributed by atoms with Gasteiger partial charge in [-0.25, -0.2) is 0 Å². The van der Waals surface area contributed by atoms with Crippen LogP contribution in [0.15, 0.2) is 36.7 Å². The lowest BCUT2D eigenvalue weighted by molar-refractivity contribution is -0.115. The van der Waals surface area contributed by atoms with Crippen molar-refractivity contribution in [2.75, 3.05) is 10.6 Å². The number of rotatable bonds is 8. The van der Waals surface area contributed by atoms with Gasteiger partial charge in [0, 0.05) is 37.5 Å². The molecule has 180 valence electrons. The number of aryl methyl sites for hydroxylation is 1. The van der Waals surface area contributed by atoms with Gasteiger partial charge < -0.3 is 5.32 Å². The van der Waals surface area contributed by atoms with Gasteiger partial charge in [-0.1, -0.05) is 28.7 Å². The molecular weight excluding hydrogens is 486 g/mol. The van der Waals surface area contributed by atoms with Crippen LogP contribution in [0.25, 0.3) is 0 Å². The van der Waals surface area contributed by atoms with Crippen LogP contribution in [0.2, 0.25) is 0 Å². The molecule has 35 heavy (non-hydrogen) atoms. The normalized spacial score (nSPS) is 17.4. The number of hydrogen-bond acceptors (Lipinski definition) is 10. The van der Waals surface area contributed by atoms with E-state index >= 15 is 0 Å². The molecule has 0 saturated heterocycles. The molecule has 2 amide bonds. The van der Waals surface area contributed by atoms with Crippen LogP contribution < -0.4 is 10.6 Å². The molecule has 0 unspecified atom stereocenters. The second kappa shape index (κ2) is 10.4. The number of hydrogen-bond donors (Lipinski definition) is 2. The van der Waals surface area contributed by atoms with E-state index in [1.54, 1.807) is 30.2 Å². The number of carbonyl (C=O) groups is 2. The van der Waals surface area contributed by atoms with E-state index in [9.17, 15) is 9.59 Å². The first kappa shape index (κ1) is 23.2. The number of nitrogens with zero attached hydrogens (tertiary/aromatic N) is 7. The maximum atomic E-state index is 12.3. The third-order valence-electron chi connectivity index (χ3n) is 5.74. The number of anilines is 2. The average molecular weight is 510 g/mol. The topological polar surface area (TPSA) is 140 Å². The molecule has 11 nitrogen and oxygen atoms in total. The molecule has 2 N–H and O–H groups in total. The van der Waals surface area contributed by atoms with Gasteiger partial charge in [0.05, 0.1) is 6.42 Å². The van der Waals surface area contributed by atoms with Gasteiger partial charge in [-0.15, -0.1) is 20.4 Å². The van der Waals surface area contributed by atoms with Gasteiger partial charge in [0.15, 0.2) is 5.69 Å². The highest BCUT2D eigenvalue weighted by molar-refractivity contribution is 7.15. The second-order valence-electron chi connectivity index (χ2n) is 8.40. The zero-order chi connectivity index (χ0) is 24.2. The van der Waals surface area contributed by atoms with Crippen molar-refractivity contribution in [3.05, 3.63) is 58.1 Å². The predicted octanol–water partition coefficient (Wildman–Crippen LogP) is 3.08. The third kappa shape index (κ3) is 5.92. The molecule has 4 heterocycles. The summed E-state index contributed by atoms with van der Waals surface area (Å²) in [6, 6.07) is 7.15. The quantitative estimate of drug-likeness (QED) is 0.369. The summed E-state index contributed by atoms with van der Waals surface area (Å²) in [5, 5.41) is 29.3. The summed E-state index contributed by atoms with van der Waals surface area (Å²) in [4.78, 5) is 28.7. The van der Waals surface area contributed by atoms with Crippen LogP contribution in [0.3, 0.4) is 0 Å². The Bertz CT molecular complexity index is 1320. The number of carbonyl (C=O) groups excluding carboxylic acids is 2. The fraction of sp³-hybridized carbons (Fsp3) is 0.364. The van der Waals surface area contributed by atoms with Gasteiger partial charge in [0.1, 0.15) is 10.0 Å². The van der Waals surface area contributed by atoms with E-state index in [2.05, 4.69) is 41.1 Å². The van der Waals surface area contributed by atoms with Crippen molar-refractivity contribution in [2.24, 2.45) is 13.0 Å². The summed E-state index contributed by atoms with van der Waals surface area (Å²) in [6.07, 6.45) is 7.44. The Morgan fingerprint density at radius 3 is 2.71 bits per heavy atom. The van der Waals surface area contributed by atoms with Crippen molar-refractivity contribution in [1.29, 1.82) is 0 Å². The molecular formula is C22H23N9O2S2. The Balaban J connectivity index is 1.11. The summed E-state index contributed by atoms with van der Waals surface area (Å²) in [5.41, 5.74) is 1.05. The van der Waals surface area contributed by atoms with Crippen LogP contribution >= 0.6 is 22.7 Å². The lowest BCUT2D eigenvalue weighted by Crippen LogP contribution is -2.14. The lowest BCUT2D eigenvalue weighted by Gasteiger charge is -2.06. The zero-order valence-electron chi connectivity index (χ0n) is 18.9. The molecule has 1 saturated carbocycles. The van der Waals surface area contributed by atoms with Gasteiger partial charge in [-0.05, 0) is 43.4 Å². The lowest BCUT2D eigenvalue weighted by atomic mass is 10.0. The summed E-state index contributed by atoms with van der Waals surface area (Å²) >= 11 is 2.82. The third-order valence-corrected chi connectivity index (χ3v) is 7.60. The Morgan fingerprint density at radius 2 is 1.91 bits per heavy atom. The Kier molecular flexibility index (Phi) is 6.86. The second-order valence-corrected chi connectivity index (χ2v) is 10.5. The summed E-state index contributed by atoms with van der Waals surface area (Å²) < 4.78 is 1.58. The van der Waals surface area contributed by atoms with Crippen LogP contribution in [0.5, 0.6) is 0 Å². The first-order valence-corrected chi connectivity index (χ1v) is 12.8. The van der Waals surface area contributed by atoms with Crippen molar-refractivity contribution in [3.8, 4) is 0 Å². The predicted molar refractivity (Wildman–Crippen MR) is 131 cm³/mol. The summed E-state index contributed by atoms with van der Waals surface area (Å²) in [7, 11) is 1.76. The van der Waals surface area contributed by atoms with E-state index in [-0.39, 0.29) is 18.2 Å². The van der Waals surface area contributed by atoms with Crippen molar-refractivity contribution in [3.63, 3.8) is 0 Å². The number of nitrogens with one attached hydrogen (secondary N) is 2. The van der Waals surface area contributed by atoms with Crippen molar-refractivity contribution < 1.29 is 9.59 Å². The van der Waals surface area contributed by atoms with E-state index in [0.717, 1.165) is 35.7 Å². The summed E-state index contributed by atoms with van der Waals surface area (Å²) in [6.45, 7) is 0. The van der Waals surface area contributed by atoms with Gasteiger partial charge in [-0.2, -0.15) is 5.10 Å². The fourth-order valence-electron chi connectivity index (χ4n) is 4.10. The molecule has 1 fully saturated rings. The zero-order valence-corrected chi connectivity index (χ0v) is 20.6. The van der Waals surface area contributed by atoms with E-state index in [1.807, 2.05) is 18.2 Å². The van der Waals surface area contributed by atoms with Crippen LogP contribution in [-0.2, 0) is 24.7 Å². The molecule has 13 heteroatoms. The Labute approximate surface area is 209 Å². The number of amides is 2. The molecule has 0 bridgehead atoms. The minimum atomic E-state index is -0.298. The van der Waals surface area contributed by atoms with Gasteiger partial charge in [-0.3, -0.25) is 24.6 Å². The Morgan fingerprint density at radius 1 is 1.06 bits per heavy atom. The van der Waals surface area contributed by atoms with Crippen LogP contribution in [0.1, 0.15) is 51.4 Å². The highest BCUT2D eigenvalue weighted by atomic mass is 32.1. The molecule has 0 radical (unpaired) electrons. The minimum Gasteiger partial charge on any atom is -0.300 e. The Hall–Kier alpha value is -3.58. The molecule has 5 rings (SSSR count). The molecule has 2 atom stereocenters. The maximum Gasteiger partial charge on any atom is 0.277 e. The van der Waals surface area contributed by atoms with Crippen LogP contribution in [-0.4, -0.2) is 47.0 Å². The van der Waals surface area contributed by atoms with Gasteiger partial charge >= 0.3 is 0 Å². The average Bonchev–Trinajstić information content (AvgIpc) is 3.63. The summed E-state index contributed by atoms with van der Waals surface area (Å²) in [5.74, 6) is 0.319. The number of pyridine rings is 1. The molecule has 0 spiro atoms. The minimum absolute atomic E-state index is 0.155. The highest BCUT2D eigenvalue weighted by Crippen LogP contribution is 2.41. The van der Waals surface area contributed by atoms with Crippen molar-refractivity contribution in [2.45, 2.75) is 38.0 Å². The molecule has 0 aliphatic heterocycles. The van der Waals surface area contributed by atoms with Crippen molar-refractivity contribution >= 4 is 44.8 Å². The monoisotopic (exact) mass is 509 g/mol. The smallest absolute Gasteiger partial charge is 0.277 e. The molecule has 4 aromatic rings. The molecule has 4 aromatic heterocycles. The largest absolute Gasteiger partial charge is 0.300 e. The van der Waals surface area contributed by atoms with E-state index in [4.69, 9.17) is 0 Å². The molecule has 1 aliphatic carbocycles. The van der Waals surface area contributed by atoms with E-state index in [1.165, 1.54) is 22.7 Å². The first-order chi connectivity index (χ1) is 17.0. The molecule has 0 aromatic carbocycles. The van der Waals surface area contributed by atoms with Gasteiger partial charge in [0.2, 0.25) is 16.2 Å². The number of aromatic nitrogens is 7. The SMILES string of the molecule is Cn1ccc(C(=O)Nc2nnc(C[C@@H]3CC[C@H](c4nnc(NC(=O)Cc5ccccn5)s4)C3)s2)n1. The molecule has 1 aliphatic rings. The first-order valence-electron chi connectivity index (χ1n) is 11.2. The van der Waals surface area contributed by atoms with E-state index < -0.39 is 0 Å².